The molecule has 0 spiro atoms. The van der Waals surface area contributed by atoms with Crippen molar-refractivity contribution in [2.24, 2.45) is 10.1 Å². The molecule has 0 saturated heterocycles. The number of amidine groups is 2. The van der Waals surface area contributed by atoms with E-state index in [-0.39, 0.29) is 17.2 Å². The topological polar surface area (TPSA) is 73.8 Å². The van der Waals surface area contributed by atoms with Crippen LogP contribution in [0.3, 0.4) is 0 Å². The van der Waals surface area contributed by atoms with Gasteiger partial charge >= 0.3 is 0 Å². The van der Waals surface area contributed by atoms with E-state index in [1.54, 1.807) is 18.2 Å². The third-order valence-electron chi connectivity index (χ3n) is 5.88. The molecule has 3 heterocycles. The first kappa shape index (κ1) is 22.3. The van der Waals surface area contributed by atoms with Crippen LogP contribution in [0.25, 0.3) is 17.0 Å². The van der Waals surface area contributed by atoms with Crippen LogP contribution in [0.1, 0.15) is 43.7 Å². The van der Waals surface area contributed by atoms with Gasteiger partial charge in [0.1, 0.15) is 10.9 Å². The van der Waals surface area contributed by atoms with Gasteiger partial charge in [-0.25, -0.2) is 4.39 Å². The van der Waals surface area contributed by atoms with Gasteiger partial charge in [0, 0.05) is 29.2 Å². The maximum absolute atomic E-state index is 13.3. The molecule has 2 aromatic carbocycles. The minimum absolute atomic E-state index is 0.0448. The number of nitrogens with zero attached hydrogens (tertiary/aromatic N) is 4. The van der Waals surface area contributed by atoms with Crippen LogP contribution in [0.5, 0.6) is 0 Å². The summed E-state index contributed by atoms with van der Waals surface area (Å²) in [6, 6.07) is 14.3. The van der Waals surface area contributed by atoms with Crippen LogP contribution in [0, 0.1) is 11.2 Å². The van der Waals surface area contributed by atoms with E-state index in [2.05, 4.69) is 21.6 Å². The van der Waals surface area contributed by atoms with Gasteiger partial charge in [-0.1, -0.05) is 50.1 Å². The van der Waals surface area contributed by atoms with E-state index < -0.39 is 5.91 Å². The summed E-state index contributed by atoms with van der Waals surface area (Å²) in [5.74, 6) is -0.649. The Hall–Kier alpha value is -3.52. The molecular weight excluding hydrogens is 449 g/mol. The number of hydrazone groups is 1. The van der Waals surface area contributed by atoms with Crippen LogP contribution >= 0.6 is 11.8 Å². The highest BCUT2D eigenvalue weighted by Crippen LogP contribution is 2.31. The summed E-state index contributed by atoms with van der Waals surface area (Å²) < 4.78 is 15.4. The van der Waals surface area contributed by atoms with Crippen molar-refractivity contribution in [3.63, 3.8) is 0 Å². The molecule has 5 rings (SSSR count). The second-order valence-corrected chi connectivity index (χ2v) is 9.37. The summed E-state index contributed by atoms with van der Waals surface area (Å²) in [5.41, 5.74) is 3.00. The van der Waals surface area contributed by atoms with Gasteiger partial charge in [-0.15, -0.1) is 0 Å². The molecule has 172 valence electrons. The third kappa shape index (κ3) is 4.33. The lowest BCUT2D eigenvalue weighted by atomic mass is 10.1. The van der Waals surface area contributed by atoms with Gasteiger partial charge in [-0.05, 0) is 54.4 Å². The molecule has 3 aromatic rings. The number of rotatable bonds is 7. The van der Waals surface area contributed by atoms with E-state index in [1.807, 2.05) is 30.5 Å². The largest absolute Gasteiger partial charge is 0.342 e. The molecule has 1 aromatic heterocycles. The highest BCUT2D eigenvalue weighted by atomic mass is 32.2. The highest BCUT2D eigenvalue weighted by Gasteiger charge is 2.35. The Balaban J connectivity index is 1.47. The first-order valence-electron chi connectivity index (χ1n) is 11.3. The Kier molecular flexibility index (Phi) is 6.15. The predicted octanol–water partition coefficient (Wildman–Crippen LogP) is 6.03. The Morgan fingerprint density at radius 1 is 1.12 bits per heavy atom. The molecule has 1 N–H and O–H groups in total. The van der Waals surface area contributed by atoms with Crippen molar-refractivity contribution in [1.29, 1.82) is 5.41 Å². The molecule has 0 bridgehead atoms. The van der Waals surface area contributed by atoms with Crippen LogP contribution in [0.4, 0.5) is 4.39 Å². The van der Waals surface area contributed by atoms with Crippen molar-refractivity contribution < 1.29 is 9.18 Å². The van der Waals surface area contributed by atoms with E-state index in [0.29, 0.717) is 11.7 Å². The molecule has 0 fully saturated rings. The summed E-state index contributed by atoms with van der Waals surface area (Å²) in [6.45, 7) is 2.71. The lowest BCUT2D eigenvalue weighted by Gasteiger charge is -2.20. The maximum Gasteiger partial charge on any atom is 0.283 e. The predicted molar refractivity (Wildman–Crippen MR) is 137 cm³/mol. The van der Waals surface area contributed by atoms with Crippen LogP contribution in [0.2, 0.25) is 0 Å². The number of benzene rings is 2. The normalized spacial score (nSPS) is 16.9. The molecule has 2 aliphatic rings. The summed E-state index contributed by atoms with van der Waals surface area (Å²) in [5, 5.41) is 17.0. The van der Waals surface area contributed by atoms with E-state index in [4.69, 9.17) is 5.41 Å². The zero-order chi connectivity index (χ0) is 23.7. The van der Waals surface area contributed by atoms with E-state index >= 15 is 0 Å². The van der Waals surface area contributed by atoms with Gasteiger partial charge in [0.25, 0.3) is 5.91 Å². The van der Waals surface area contributed by atoms with Gasteiger partial charge in [0.15, 0.2) is 5.84 Å². The molecule has 6 nitrogen and oxygen atoms in total. The highest BCUT2D eigenvalue weighted by molar-refractivity contribution is 8.26. The minimum Gasteiger partial charge on any atom is -0.342 e. The summed E-state index contributed by atoms with van der Waals surface area (Å²) in [4.78, 5) is 17.1. The fraction of sp³-hybridized carbons (Fsp3) is 0.231. The number of fused-ring (bicyclic) bond motifs is 2. The molecule has 2 aliphatic heterocycles. The fourth-order valence-corrected chi connectivity index (χ4v) is 5.05. The average molecular weight is 474 g/mol. The van der Waals surface area contributed by atoms with Gasteiger partial charge < -0.3 is 4.57 Å². The number of unbranched alkanes of at least 4 members (excludes halogenated alkanes) is 2. The molecule has 0 aliphatic carbocycles. The number of aromatic nitrogens is 1. The number of carbonyl (C=O) groups is 1. The van der Waals surface area contributed by atoms with E-state index in [9.17, 15) is 9.18 Å². The van der Waals surface area contributed by atoms with Crippen LogP contribution in [-0.2, 0) is 11.3 Å². The zero-order valence-corrected chi connectivity index (χ0v) is 19.6. The number of amides is 1. The second kappa shape index (κ2) is 9.38. The monoisotopic (exact) mass is 473 g/mol. The first-order chi connectivity index (χ1) is 16.5. The third-order valence-corrected chi connectivity index (χ3v) is 6.84. The lowest BCUT2D eigenvalue weighted by Crippen LogP contribution is -2.35. The molecule has 1 amide bonds. The number of para-hydroxylation sites is 1. The number of nitrogens with one attached hydrogen (secondary N) is 1. The summed E-state index contributed by atoms with van der Waals surface area (Å²) in [7, 11) is 0. The average Bonchev–Trinajstić information content (AvgIpc) is 3.40. The standard InChI is InChI=1S/C26H24FN5OS/c1-2-3-4-9-23-30-32-24(28)21(25(33)29-26(32)34-23)14-18-16-31(22-8-6-5-7-20(18)22)15-17-10-12-19(27)13-11-17/h5-8,10-14,16,28H,2-4,9,15H2,1H3/b21-14-,28-24?. The van der Waals surface area contributed by atoms with E-state index in [1.165, 1.54) is 28.9 Å². The van der Waals surface area contributed by atoms with Crippen molar-refractivity contribution >= 4 is 50.7 Å². The quantitative estimate of drug-likeness (QED) is 0.336. The summed E-state index contributed by atoms with van der Waals surface area (Å²) in [6.07, 6.45) is 7.78. The van der Waals surface area contributed by atoms with Crippen molar-refractivity contribution in [2.75, 3.05) is 0 Å². The molecule has 0 unspecified atom stereocenters. The SMILES string of the molecule is CCCCCC1=NN2C(=N)/C(=C/c3cn(Cc4ccc(F)cc4)c4ccccc34)C(=O)N=C2S1. The molecule has 34 heavy (non-hydrogen) atoms. The Morgan fingerprint density at radius 2 is 1.91 bits per heavy atom. The number of hydrogen-bond acceptors (Lipinski definition) is 4. The Bertz CT molecular complexity index is 1370. The number of halogens is 1. The molecule has 0 radical (unpaired) electrons. The van der Waals surface area contributed by atoms with Crippen LogP contribution in [-0.4, -0.2) is 31.5 Å². The number of carbonyl (C=O) groups excluding carboxylic acids is 1. The summed E-state index contributed by atoms with van der Waals surface area (Å²) >= 11 is 1.38. The number of aliphatic imine (C=N–C) groups is 1. The smallest absolute Gasteiger partial charge is 0.283 e. The number of hydrogen-bond donors (Lipinski definition) is 1. The van der Waals surface area contributed by atoms with Crippen molar-refractivity contribution in [3.8, 4) is 0 Å². The molecule has 0 atom stereocenters. The molecule has 0 saturated carbocycles. The zero-order valence-electron chi connectivity index (χ0n) is 18.8. The van der Waals surface area contributed by atoms with Crippen LogP contribution in [0.15, 0.2) is 70.4 Å². The molecule has 8 heteroatoms. The fourth-order valence-electron chi connectivity index (χ4n) is 4.12. The van der Waals surface area contributed by atoms with Gasteiger partial charge in [-0.2, -0.15) is 15.1 Å². The van der Waals surface area contributed by atoms with Gasteiger partial charge in [-0.3, -0.25) is 10.2 Å². The first-order valence-corrected chi connectivity index (χ1v) is 12.2. The van der Waals surface area contributed by atoms with Gasteiger partial charge in [0.05, 0.1) is 5.57 Å². The number of thioether (sulfide) groups is 1. The van der Waals surface area contributed by atoms with Crippen LogP contribution < -0.4 is 0 Å². The second-order valence-electron chi connectivity index (χ2n) is 8.33. The maximum atomic E-state index is 13.3. The van der Waals surface area contributed by atoms with Crippen molar-refractivity contribution in [3.05, 3.63) is 77.2 Å². The minimum atomic E-state index is -0.427. The van der Waals surface area contributed by atoms with Gasteiger partial charge in [0.2, 0.25) is 5.17 Å². The van der Waals surface area contributed by atoms with Crippen molar-refractivity contribution in [1.82, 2.24) is 9.58 Å². The van der Waals surface area contributed by atoms with Crippen molar-refractivity contribution in [2.45, 2.75) is 39.2 Å². The molecular formula is C26H24FN5OS. The Morgan fingerprint density at radius 3 is 2.71 bits per heavy atom. The Labute approximate surface area is 201 Å². The van der Waals surface area contributed by atoms with E-state index in [0.717, 1.165) is 52.8 Å². The lowest BCUT2D eigenvalue weighted by molar-refractivity contribution is -0.114.